The summed E-state index contributed by atoms with van der Waals surface area (Å²) in [5, 5.41) is 2.75. The highest BCUT2D eigenvalue weighted by Crippen LogP contribution is 2.18. The second kappa shape index (κ2) is 5.69. The summed E-state index contributed by atoms with van der Waals surface area (Å²) in [7, 11) is 0. The van der Waals surface area contributed by atoms with Gasteiger partial charge in [-0.25, -0.2) is 0 Å². The second-order valence-electron chi connectivity index (χ2n) is 5.30. The highest BCUT2D eigenvalue weighted by Gasteiger charge is 2.33. The highest BCUT2D eigenvalue weighted by atomic mass is 16.2. The average molecular weight is 253 g/mol. The number of likely N-dealkylation sites (tertiary alicyclic amines) is 1. The van der Waals surface area contributed by atoms with E-state index in [4.69, 9.17) is 0 Å². The standard InChI is InChI=1S/C13H23N3O2/c1-3-11-13(18)16(9-12(17)14-11)8-10-5-6-15(4-2)7-10/h10-11H,3-9H2,1-2H3,(H,14,17). The van der Waals surface area contributed by atoms with E-state index in [-0.39, 0.29) is 24.4 Å². The number of nitrogens with zero attached hydrogens (tertiary/aromatic N) is 2. The maximum atomic E-state index is 12.1. The van der Waals surface area contributed by atoms with Gasteiger partial charge in [-0.2, -0.15) is 0 Å². The van der Waals surface area contributed by atoms with E-state index >= 15 is 0 Å². The molecule has 5 heteroatoms. The van der Waals surface area contributed by atoms with Gasteiger partial charge in [-0.15, -0.1) is 0 Å². The van der Waals surface area contributed by atoms with Gasteiger partial charge in [-0.1, -0.05) is 13.8 Å². The van der Waals surface area contributed by atoms with Crippen LogP contribution in [-0.2, 0) is 9.59 Å². The first-order valence-corrected chi connectivity index (χ1v) is 6.94. The highest BCUT2D eigenvalue weighted by molar-refractivity contribution is 5.94. The minimum absolute atomic E-state index is 0.0215. The van der Waals surface area contributed by atoms with Gasteiger partial charge in [0.05, 0.1) is 6.54 Å². The molecule has 0 spiro atoms. The molecule has 2 aliphatic heterocycles. The molecule has 2 saturated heterocycles. The topological polar surface area (TPSA) is 52.7 Å². The molecule has 5 nitrogen and oxygen atoms in total. The van der Waals surface area contributed by atoms with Crippen LogP contribution in [0.1, 0.15) is 26.7 Å². The van der Waals surface area contributed by atoms with Gasteiger partial charge in [0.15, 0.2) is 0 Å². The summed E-state index contributed by atoms with van der Waals surface area (Å²) in [6.07, 6.45) is 1.81. The van der Waals surface area contributed by atoms with Gasteiger partial charge in [0, 0.05) is 13.1 Å². The number of hydrogen-bond acceptors (Lipinski definition) is 3. The van der Waals surface area contributed by atoms with Crippen molar-refractivity contribution >= 4 is 11.8 Å². The van der Waals surface area contributed by atoms with Crippen molar-refractivity contribution in [3.05, 3.63) is 0 Å². The van der Waals surface area contributed by atoms with Crippen LogP contribution in [0.3, 0.4) is 0 Å². The zero-order valence-electron chi connectivity index (χ0n) is 11.3. The summed E-state index contributed by atoms with van der Waals surface area (Å²) in [5.41, 5.74) is 0. The Morgan fingerprint density at radius 3 is 2.72 bits per heavy atom. The van der Waals surface area contributed by atoms with E-state index in [1.165, 1.54) is 0 Å². The summed E-state index contributed by atoms with van der Waals surface area (Å²) < 4.78 is 0. The molecule has 1 N–H and O–H groups in total. The van der Waals surface area contributed by atoms with Crippen molar-refractivity contribution in [2.24, 2.45) is 5.92 Å². The lowest BCUT2D eigenvalue weighted by Crippen LogP contribution is -2.58. The van der Waals surface area contributed by atoms with Crippen molar-refractivity contribution in [3.63, 3.8) is 0 Å². The Bertz CT molecular complexity index is 332. The van der Waals surface area contributed by atoms with Crippen LogP contribution < -0.4 is 5.32 Å². The molecule has 0 aliphatic carbocycles. The smallest absolute Gasteiger partial charge is 0.245 e. The fourth-order valence-corrected chi connectivity index (χ4v) is 2.87. The van der Waals surface area contributed by atoms with Crippen molar-refractivity contribution in [1.82, 2.24) is 15.1 Å². The summed E-state index contributed by atoms with van der Waals surface area (Å²) in [5.74, 6) is 0.594. The van der Waals surface area contributed by atoms with Crippen molar-refractivity contribution in [3.8, 4) is 0 Å². The molecule has 2 aliphatic rings. The molecule has 0 aromatic rings. The fourth-order valence-electron chi connectivity index (χ4n) is 2.87. The minimum atomic E-state index is -0.310. The minimum Gasteiger partial charge on any atom is -0.343 e. The number of carbonyl (C=O) groups excluding carboxylic acids is 2. The van der Waals surface area contributed by atoms with E-state index in [9.17, 15) is 9.59 Å². The Morgan fingerprint density at radius 2 is 2.11 bits per heavy atom. The predicted octanol–water partition coefficient (Wildman–Crippen LogP) is 0.0652. The summed E-state index contributed by atoms with van der Waals surface area (Å²) in [6, 6.07) is -0.310. The monoisotopic (exact) mass is 253 g/mol. The Hall–Kier alpha value is -1.10. The van der Waals surface area contributed by atoms with Crippen LogP contribution in [0.5, 0.6) is 0 Å². The molecular formula is C13H23N3O2. The van der Waals surface area contributed by atoms with Gasteiger partial charge in [0.25, 0.3) is 0 Å². The quantitative estimate of drug-likeness (QED) is 0.771. The molecule has 2 heterocycles. The van der Waals surface area contributed by atoms with E-state index in [0.29, 0.717) is 12.3 Å². The van der Waals surface area contributed by atoms with Gasteiger partial charge in [-0.3, -0.25) is 9.59 Å². The zero-order valence-corrected chi connectivity index (χ0v) is 11.3. The number of piperazine rings is 1. The van der Waals surface area contributed by atoms with Crippen molar-refractivity contribution < 1.29 is 9.59 Å². The summed E-state index contributed by atoms with van der Waals surface area (Å²) in [6.45, 7) is 8.31. The second-order valence-corrected chi connectivity index (χ2v) is 5.30. The van der Waals surface area contributed by atoms with Crippen LogP contribution in [0.4, 0.5) is 0 Å². The van der Waals surface area contributed by atoms with Gasteiger partial charge >= 0.3 is 0 Å². The molecule has 0 aromatic heterocycles. The summed E-state index contributed by atoms with van der Waals surface area (Å²) >= 11 is 0. The van der Waals surface area contributed by atoms with E-state index in [1.807, 2.05) is 6.92 Å². The third-order valence-electron chi connectivity index (χ3n) is 3.98. The molecular weight excluding hydrogens is 230 g/mol. The van der Waals surface area contributed by atoms with Crippen molar-refractivity contribution in [2.45, 2.75) is 32.7 Å². The fraction of sp³-hybridized carbons (Fsp3) is 0.846. The van der Waals surface area contributed by atoms with Crippen LogP contribution in [0.25, 0.3) is 0 Å². The lowest BCUT2D eigenvalue weighted by atomic mass is 10.1. The number of nitrogens with one attached hydrogen (secondary N) is 1. The molecule has 0 aromatic carbocycles. The molecule has 2 atom stereocenters. The first-order valence-electron chi connectivity index (χ1n) is 6.94. The molecule has 2 rings (SSSR count). The molecule has 0 saturated carbocycles. The predicted molar refractivity (Wildman–Crippen MR) is 69.0 cm³/mol. The number of amides is 2. The molecule has 2 amide bonds. The molecule has 2 fully saturated rings. The summed E-state index contributed by atoms with van der Waals surface area (Å²) in [4.78, 5) is 27.9. The lowest BCUT2D eigenvalue weighted by Gasteiger charge is -2.33. The molecule has 0 radical (unpaired) electrons. The van der Waals surface area contributed by atoms with Crippen LogP contribution in [-0.4, -0.2) is 60.4 Å². The molecule has 0 bridgehead atoms. The number of hydrogen-bond donors (Lipinski definition) is 1. The van der Waals surface area contributed by atoms with Gasteiger partial charge < -0.3 is 15.1 Å². The largest absolute Gasteiger partial charge is 0.343 e. The lowest BCUT2D eigenvalue weighted by molar-refractivity contribution is -0.144. The normalized spacial score (nSPS) is 29.8. The third kappa shape index (κ3) is 2.83. The Morgan fingerprint density at radius 1 is 1.33 bits per heavy atom. The Balaban J connectivity index is 1.91. The van der Waals surface area contributed by atoms with Crippen LogP contribution >= 0.6 is 0 Å². The number of rotatable bonds is 4. The third-order valence-corrected chi connectivity index (χ3v) is 3.98. The van der Waals surface area contributed by atoms with Gasteiger partial charge in [0.1, 0.15) is 6.04 Å². The maximum Gasteiger partial charge on any atom is 0.245 e. The van der Waals surface area contributed by atoms with Crippen LogP contribution in [0.15, 0.2) is 0 Å². The number of carbonyl (C=O) groups is 2. The van der Waals surface area contributed by atoms with Crippen molar-refractivity contribution in [2.75, 3.05) is 32.7 Å². The van der Waals surface area contributed by atoms with Crippen LogP contribution in [0, 0.1) is 5.92 Å². The zero-order chi connectivity index (χ0) is 13.1. The van der Waals surface area contributed by atoms with E-state index in [0.717, 1.165) is 32.6 Å². The Kier molecular flexibility index (Phi) is 4.22. The molecule has 2 unspecified atom stereocenters. The van der Waals surface area contributed by atoms with E-state index in [1.54, 1.807) is 4.90 Å². The first kappa shape index (κ1) is 13.3. The van der Waals surface area contributed by atoms with E-state index < -0.39 is 0 Å². The SMILES string of the molecule is CCC1NC(=O)CN(CC2CCN(CC)C2)C1=O. The molecule has 18 heavy (non-hydrogen) atoms. The average Bonchev–Trinajstić information content (AvgIpc) is 2.81. The Labute approximate surface area is 108 Å². The van der Waals surface area contributed by atoms with Crippen LogP contribution in [0.2, 0.25) is 0 Å². The van der Waals surface area contributed by atoms with Gasteiger partial charge in [0.2, 0.25) is 11.8 Å². The van der Waals surface area contributed by atoms with Gasteiger partial charge in [-0.05, 0) is 31.8 Å². The van der Waals surface area contributed by atoms with E-state index in [2.05, 4.69) is 17.1 Å². The maximum absolute atomic E-state index is 12.1. The first-order chi connectivity index (χ1) is 8.63. The molecule has 102 valence electrons. The van der Waals surface area contributed by atoms with Crippen molar-refractivity contribution in [1.29, 1.82) is 0 Å².